The van der Waals surface area contributed by atoms with E-state index >= 15 is 0 Å². The number of alkyl halides is 4. The molecular formula is C27H29F4N7O2. The van der Waals surface area contributed by atoms with E-state index in [9.17, 15) is 27.5 Å². The second kappa shape index (κ2) is 10.0. The normalized spacial score (nSPS) is 18.1. The molecule has 3 aromatic rings. The van der Waals surface area contributed by atoms with Gasteiger partial charge in [0.25, 0.3) is 5.91 Å². The molecule has 5 rings (SSSR count). The quantitative estimate of drug-likeness (QED) is 0.361. The van der Waals surface area contributed by atoms with Crippen LogP contribution in [0, 0.1) is 16.7 Å². The first-order chi connectivity index (χ1) is 18.7. The van der Waals surface area contributed by atoms with Crippen LogP contribution >= 0.6 is 0 Å². The summed E-state index contributed by atoms with van der Waals surface area (Å²) in [5, 5.41) is 29.2. The molecule has 1 saturated heterocycles. The van der Waals surface area contributed by atoms with Crippen molar-refractivity contribution in [3.05, 3.63) is 47.8 Å². The van der Waals surface area contributed by atoms with Gasteiger partial charge in [-0.05, 0) is 56.4 Å². The van der Waals surface area contributed by atoms with Crippen LogP contribution in [-0.4, -0.2) is 80.7 Å². The molecule has 2 fully saturated rings. The van der Waals surface area contributed by atoms with Crippen molar-refractivity contribution in [2.45, 2.75) is 50.7 Å². The fourth-order valence-electron chi connectivity index (χ4n) is 5.51. The average molecular weight is 560 g/mol. The van der Waals surface area contributed by atoms with Gasteiger partial charge in [0.2, 0.25) is 0 Å². The Labute approximate surface area is 227 Å². The van der Waals surface area contributed by atoms with Crippen molar-refractivity contribution in [3.63, 3.8) is 0 Å². The molecule has 1 amide bonds. The highest BCUT2D eigenvalue weighted by Crippen LogP contribution is 2.50. The van der Waals surface area contributed by atoms with Gasteiger partial charge >= 0.3 is 6.18 Å². The van der Waals surface area contributed by atoms with E-state index in [1.54, 1.807) is 28.8 Å². The van der Waals surface area contributed by atoms with Gasteiger partial charge in [0, 0.05) is 25.3 Å². The van der Waals surface area contributed by atoms with Gasteiger partial charge in [0.1, 0.15) is 12.2 Å². The number of anilines is 1. The Kier molecular flexibility index (Phi) is 6.96. The number of rotatable bonds is 8. The number of fused-ring (bicyclic) bond motifs is 1. The number of carbonyl (C=O) groups is 1. The van der Waals surface area contributed by atoms with Crippen molar-refractivity contribution in [3.8, 4) is 17.5 Å². The molecule has 13 heteroatoms. The lowest BCUT2D eigenvalue weighted by Gasteiger charge is -2.59. The highest BCUT2D eigenvalue weighted by molar-refractivity contribution is 6.00. The molecule has 4 heterocycles. The first kappa shape index (κ1) is 27.8. The molecular weight excluding hydrogens is 530 g/mol. The Morgan fingerprint density at radius 3 is 2.62 bits per heavy atom. The van der Waals surface area contributed by atoms with Crippen LogP contribution in [0.15, 0.2) is 36.7 Å². The molecule has 1 aliphatic heterocycles. The van der Waals surface area contributed by atoms with E-state index in [-0.39, 0.29) is 17.0 Å². The monoisotopic (exact) mass is 559 g/mol. The molecule has 0 radical (unpaired) electrons. The second-order valence-electron chi connectivity index (χ2n) is 11.4. The van der Waals surface area contributed by atoms with E-state index in [1.165, 1.54) is 31.1 Å². The molecule has 2 aliphatic rings. The van der Waals surface area contributed by atoms with Gasteiger partial charge in [-0.1, -0.05) is 0 Å². The van der Waals surface area contributed by atoms with E-state index in [0.717, 1.165) is 0 Å². The zero-order valence-electron chi connectivity index (χ0n) is 22.0. The summed E-state index contributed by atoms with van der Waals surface area (Å²) in [4.78, 5) is 18.9. The number of likely N-dealkylation sites (tertiary alicyclic amines) is 1. The van der Waals surface area contributed by atoms with Crippen molar-refractivity contribution >= 4 is 17.1 Å². The lowest BCUT2D eigenvalue weighted by Crippen LogP contribution is -2.66. The molecule has 1 unspecified atom stereocenters. The maximum atomic E-state index is 14.3. The lowest BCUT2D eigenvalue weighted by atomic mass is 9.60. The number of nitrogens with one attached hydrogen (secondary N) is 2. The summed E-state index contributed by atoms with van der Waals surface area (Å²) in [5.74, 6) is -0.584. The molecule has 3 aromatic heterocycles. The zero-order chi connectivity index (χ0) is 28.9. The Balaban J connectivity index is 1.36. The molecule has 212 valence electrons. The van der Waals surface area contributed by atoms with Gasteiger partial charge < -0.3 is 15.7 Å². The van der Waals surface area contributed by atoms with Crippen LogP contribution in [0.3, 0.4) is 0 Å². The van der Waals surface area contributed by atoms with Crippen molar-refractivity contribution in [1.29, 1.82) is 5.26 Å². The standard InChI is InChI=1S/C27H29F4N7O2/c1-25(2,40)23(28)12-34-24(39)19-11-33-21(22-4-3-18-5-16(9-32)10-35-38(18)22)6-20(19)36-17-7-26(8-17)13-37(14-26)15-27(29,30)31/h3-6,10-11,17,23,40H,7-8,12-15H2,1-2H3,(H,33,36)(H,34,39). The maximum absolute atomic E-state index is 14.3. The summed E-state index contributed by atoms with van der Waals surface area (Å²) in [6.45, 7) is 2.05. The number of nitriles is 1. The molecule has 9 nitrogen and oxygen atoms in total. The Hall–Kier alpha value is -3.76. The summed E-state index contributed by atoms with van der Waals surface area (Å²) < 4.78 is 54.0. The van der Waals surface area contributed by atoms with Gasteiger partial charge in [-0.3, -0.25) is 14.7 Å². The number of amides is 1. The number of hydrogen-bond acceptors (Lipinski definition) is 7. The summed E-state index contributed by atoms with van der Waals surface area (Å²) in [6, 6.07) is 8.91. The van der Waals surface area contributed by atoms with E-state index in [4.69, 9.17) is 5.26 Å². The highest BCUT2D eigenvalue weighted by atomic mass is 19.4. The molecule has 1 spiro atoms. The largest absolute Gasteiger partial charge is 0.401 e. The van der Waals surface area contributed by atoms with E-state index < -0.39 is 36.9 Å². The van der Waals surface area contributed by atoms with Gasteiger partial charge in [-0.25, -0.2) is 8.91 Å². The van der Waals surface area contributed by atoms with Crippen LogP contribution in [0.4, 0.5) is 23.2 Å². The molecule has 1 aliphatic carbocycles. The van der Waals surface area contributed by atoms with Crippen molar-refractivity contribution < 1.29 is 27.5 Å². The average Bonchev–Trinajstić information content (AvgIpc) is 3.26. The highest BCUT2D eigenvalue weighted by Gasteiger charge is 2.54. The van der Waals surface area contributed by atoms with Crippen LogP contribution in [0.1, 0.15) is 42.6 Å². The van der Waals surface area contributed by atoms with Gasteiger partial charge in [0.05, 0.1) is 58.6 Å². The third-order valence-electron chi connectivity index (χ3n) is 7.49. The summed E-state index contributed by atoms with van der Waals surface area (Å²) in [6.07, 6.45) is -1.81. The first-order valence-corrected chi connectivity index (χ1v) is 12.8. The smallest absolute Gasteiger partial charge is 0.387 e. The predicted molar refractivity (Wildman–Crippen MR) is 138 cm³/mol. The van der Waals surface area contributed by atoms with Crippen LogP contribution in [0.25, 0.3) is 16.9 Å². The van der Waals surface area contributed by atoms with Gasteiger partial charge in [-0.2, -0.15) is 23.5 Å². The molecule has 0 aromatic carbocycles. The number of halogens is 4. The topological polar surface area (TPSA) is 119 Å². The minimum absolute atomic E-state index is 0.0690. The first-order valence-electron chi connectivity index (χ1n) is 12.8. The van der Waals surface area contributed by atoms with Crippen LogP contribution in [-0.2, 0) is 0 Å². The number of carbonyl (C=O) groups excluding carboxylic acids is 1. The minimum atomic E-state index is -4.23. The molecule has 0 bridgehead atoms. The van der Waals surface area contributed by atoms with E-state index in [1.807, 2.05) is 6.07 Å². The van der Waals surface area contributed by atoms with Crippen molar-refractivity contribution in [2.24, 2.45) is 5.41 Å². The molecule has 1 saturated carbocycles. The fraction of sp³-hybridized carbons (Fsp3) is 0.481. The number of aromatic nitrogens is 3. The minimum Gasteiger partial charge on any atom is -0.387 e. The maximum Gasteiger partial charge on any atom is 0.401 e. The lowest BCUT2D eigenvalue weighted by molar-refractivity contribution is -0.180. The summed E-state index contributed by atoms with van der Waals surface area (Å²) >= 11 is 0. The van der Waals surface area contributed by atoms with Crippen molar-refractivity contribution in [2.75, 3.05) is 31.5 Å². The Bertz CT molecular complexity index is 1460. The third kappa shape index (κ3) is 5.73. The number of nitrogens with zero attached hydrogens (tertiary/aromatic N) is 5. The van der Waals surface area contributed by atoms with Crippen LogP contribution in [0.5, 0.6) is 0 Å². The van der Waals surface area contributed by atoms with E-state index in [2.05, 4.69) is 20.7 Å². The molecule has 1 atom stereocenters. The van der Waals surface area contributed by atoms with Gasteiger partial charge in [0.15, 0.2) is 0 Å². The van der Waals surface area contributed by atoms with Crippen LogP contribution < -0.4 is 10.6 Å². The van der Waals surface area contributed by atoms with Gasteiger partial charge in [-0.15, -0.1) is 0 Å². The van der Waals surface area contributed by atoms with Crippen LogP contribution in [0.2, 0.25) is 0 Å². The number of aliphatic hydroxyl groups is 1. The zero-order valence-corrected chi connectivity index (χ0v) is 22.0. The predicted octanol–water partition coefficient (Wildman–Crippen LogP) is 3.55. The van der Waals surface area contributed by atoms with E-state index in [0.29, 0.717) is 54.1 Å². The number of pyridine rings is 1. The fourth-order valence-corrected chi connectivity index (χ4v) is 5.51. The summed E-state index contributed by atoms with van der Waals surface area (Å²) in [5.41, 5.74) is 1.00. The third-order valence-corrected chi connectivity index (χ3v) is 7.49. The summed E-state index contributed by atoms with van der Waals surface area (Å²) in [7, 11) is 0. The Morgan fingerprint density at radius 1 is 1.25 bits per heavy atom. The van der Waals surface area contributed by atoms with Crippen molar-refractivity contribution in [1.82, 2.24) is 24.8 Å². The number of hydrogen-bond donors (Lipinski definition) is 3. The Morgan fingerprint density at radius 2 is 1.98 bits per heavy atom. The molecule has 3 N–H and O–H groups in total. The second-order valence-corrected chi connectivity index (χ2v) is 11.4. The SMILES string of the molecule is CC(C)(O)C(F)CNC(=O)c1cnc(-c2ccc3cc(C#N)cnn23)cc1NC1CC2(C1)CN(CC(F)(F)F)C2. The molecule has 40 heavy (non-hydrogen) atoms.